The Kier molecular flexibility index (Phi) is 4.23. The minimum atomic E-state index is -3.07. The van der Waals surface area contributed by atoms with Gasteiger partial charge in [-0.2, -0.15) is 5.10 Å². The Labute approximate surface area is 141 Å². The molecule has 2 unspecified atom stereocenters. The second-order valence-corrected chi connectivity index (χ2v) is 11.1. The Morgan fingerprint density at radius 3 is 2.25 bits per heavy atom. The lowest BCUT2D eigenvalue weighted by atomic mass is 10.1. The third-order valence-electron chi connectivity index (χ3n) is 4.67. The molecular weight excluding hydrogens is 354 g/mol. The first-order chi connectivity index (χ1) is 11.1. The maximum Gasteiger partial charge on any atom is 0.255 e. The van der Waals surface area contributed by atoms with Crippen LogP contribution in [0, 0.1) is 13.8 Å². The summed E-state index contributed by atoms with van der Waals surface area (Å²) in [5.74, 6) is -0.116. The summed E-state index contributed by atoms with van der Waals surface area (Å²) in [6.07, 6.45) is 0.910. The molecule has 0 aliphatic carbocycles. The SMILES string of the molecule is Cc1nn(C2CCS(=O)(=O)C2)c(C)c1C(=O)NC1CCS(=O)(=O)C1. The normalized spacial score (nSPS) is 28.1. The number of aryl methyl sites for hydroxylation is 1. The molecule has 8 nitrogen and oxygen atoms in total. The lowest BCUT2D eigenvalue weighted by Gasteiger charge is -2.13. The topological polar surface area (TPSA) is 115 Å². The second-order valence-electron chi connectivity index (χ2n) is 6.62. The van der Waals surface area contributed by atoms with Crippen molar-refractivity contribution in [2.24, 2.45) is 0 Å². The van der Waals surface area contributed by atoms with Crippen LogP contribution in [0.1, 0.15) is 40.6 Å². The molecule has 0 radical (unpaired) electrons. The van der Waals surface area contributed by atoms with Crippen LogP contribution in [0.3, 0.4) is 0 Å². The summed E-state index contributed by atoms with van der Waals surface area (Å²) in [4.78, 5) is 12.5. The van der Waals surface area contributed by atoms with Crippen molar-refractivity contribution in [3.63, 3.8) is 0 Å². The number of carbonyl (C=O) groups excluding carboxylic acids is 1. The van der Waals surface area contributed by atoms with Gasteiger partial charge in [0.05, 0.1) is 40.3 Å². The lowest BCUT2D eigenvalue weighted by molar-refractivity contribution is 0.0939. The van der Waals surface area contributed by atoms with Crippen molar-refractivity contribution in [1.29, 1.82) is 0 Å². The molecule has 1 aromatic rings. The van der Waals surface area contributed by atoms with E-state index >= 15 is 0 Å². The van der Waals surface area contributed by atoms with E-state index in [1.54, 1.807) is 18.5 Å². The van der Waals surface area contributed by atoms with E-state index in [2.05, 4.69) is 10.4 Å². The van der Waals surface area contributed by atoms with Crippen molar-refractivity contribution in [3.05, 3.63) is 17.0 Å². The van der Waals surface area contributed by atoms with Gasteiger partial charge in [0.25, 0.3) is 5.91 Å². The molecule has 10 heteroatoms. The molecule has 1 N–H and O–H groups in total. The van der Waals surface area contributed by atoms with E-state index in [-0.39, 0.29) is 41.0 Å². The van der Waals surface area contributed by atoms with Gasteiger partial charge in [-0.15, -0.1) is 0 Å². The van der Waals surface area contributed by atoms with Crippen molar-refractivity contribution < 1.29 is 21.6 Å². The average Bonchev–Trinajstić information content (AvgIpc) is 3.06. The highest BCUT2D eigenvalue weighted by molar-refractivity contribution is 7.91. The van der Waals surface area contributed by atoms with Crippen molar-refractivity contribution in [2.45, 2.75) is 38.8 Å². The first-order valence-corrected chi connectivity index (χ1v) is 11.5. The van der Waals surface area contributed by atoms with Gasteiger partial charge in [-0.3, -0.25) is 9.48 Å². The van der Waals surface area contributed by atoms with E-state index < -0.39 is 19.7 Å². The van der Waals surface area contributed by atoms with E-state index in [0.717, 1.165) is 0 Å². The van der Waals surface area contributed by atoms with Crippen LogP contribution in [-0.4, -0.2) is 61.6 Å². The Bertz CT molecular complexity index is 886. The fraction of sp³-hybridized carbons (Fsp3) is 0.714. The molecule has 1 aromatic heterocycles. The standard InChI is InChI=1S/C14H21N3O5S2/c1-9-13(14(18)15-11-3-5-23(19,20)7-11)10(2)17(16-9)12-4-6-24(21,22)8-12/h11-12H,3-8H2,1-2H3,(H,15,18). The monoisotopic (exact) mass is 375 g/mol. The van der Waals surface area contributed by atoms with Crippen LogP contribution in [0.5, 0.6) is 0 Å². The van der Waals surface area contributed by atoms with Crippen molar-refractivity contribution in [3.8, 4) is 0 Å². The number of rotatable bonds is 3. The van der Waals surface area contributed by atoms with E-state index in [0.29, 0.717) is 29.8 Å². The predicted molar refractivity (Wildman–Crippen MR) is 88.5 cm³/mol. The number of sulfone groups is 2. The number of amides is 1. The van der Waals surface area contributed by atoms with Crippen LogP contribution < -0.4 is 5.32 Å². The van der Waals surface area contributed by atoms with Crippen LogP contribution in [-0.2, 0) is 19.7 Å². The number of hydrogen-bond donors (Lipinski definition) is 1. The molecule has 3 rings (SSSR count). The number of aromatic nitrogens is 2. The smallest absolute Gasteiger partial charge is 0.255 e. The van der Waals surface area contributed by atoms with Gasteiger partial charge in [-0.25, -0.2) is 16.8 Å². The fourth-order valence-electron chi connectivity index (χ4n) is 3.48. The average molecular weight is 375 g/mol. The summed E-state index contributed by atoms with van der Waals surface area (Å²) in [5.41, 5.74) is 1.55. The molecule has 0 saturated carbocycles. The molecule has 24 heavy (non-hydrogen) atoms. The molecular formula is C14H21N3O5S2. The third kappa shape index (κ3) is 3.34. The van der Waals surface area contributed by atoms with Crippen LogP contribution in [0.4, 0.5) is 0 Å². The third-order valence-corrected chi connectivity index (χ3v) is 8.19. The van der Waals surface area contributed by atoms with Crippen LogP contribution in [0.25, 0.3) is 0 Å². The van der Waals surface area contributed by atoms with Crippen molar-refractivity contribution in [2.75, 3.05) is 23.0 Å². The van der Waals surface area contributed by atoms with Gasteiger partial charge < -0.3 is 5.32 Å². The molecule has 2 aliphatic heterocycles. The highest BCUT2D eigenvalue weighted by Crippen LogP contribution is 2.27. The fourth-order valence-corrected chi connectivity index (χ4v) is 6.85. The molecule has 0 bridgehead atoms. The van der Waals surface area contributed by atoms with Gasteiger partial charge in [0.1, 0.15) is 0 Å². The summed E-state index contributed by atoms with van der Waals surface area (Å²) in [5, 5.41) is 7.12. The van der Waals surface area contributed by atoms with E-state index in [9.17, 15) is 21.6 Å². The Morgan fingerprint density at radius 2 is 1.71 bits per heavy atom. The zero-order valence-electron chi connectivity index (χ0n) is 13.6. The van der Waals surface area contributed by atoms with Gasteiger partial charge in [-0.1, -0.05) is 0 Å². The second kappa shape index (κ2) is 5.83. The Hall–Kier alpha value is -1.42. The molecule has 0 spiro atoms. The van der Waals surface area contributed by atoms with Crippen molar-refractivity contribution >= 4 is 25.6 Å². The van der Waals surface area contributed by atoms with Crippen LogP contribution in [0.15, 0.2) is 0 Å². The largest absolute Gasteiger partial charge is 0.348 e. The maximum absolute atomic E-state index is 12.5. The van der Waals surface area contributed by atoms with E-state index in [4.69, 9.17) is 0 Å². The van der Waals surface area contributed by atoms with Gasteiger partial charge in [0, 0.05) is 11.7 Å². The molecule has 2 fully saturated rings. The maximum atomic E-state index is 12.5. The van der Waals surface area contributed by atoms with E-state index in [1.807, 2.05) is 0 Å². The minimum absolute atomic E-state index is 0.0359. The molecule has 3 heterocycles. The Balaban J connectivity index is 1.80. The van der Waals surface area contributed by atoms with Gasteiger partial charge in [0.15, 0.2) is 19.7 Å². The zero-order valence-corrected chi connectivity index (χ0v) is 15.3. The first kappa shape index (κ1) is 17.4. The predicted octanol–water partition coefficient (Wildman–Crippen LogP) is -0.224. The molecule has 1 amide bonds. The minimum Gasteiger partial charge on any atom is -0.348 e. The highest BCUT2D eigenvalue weighted by atomic mass is 32.2. The van der Waals surface area contributed by atoms with Crippen LogP contribution in [0.2, 0.25) is 0 Å². The summed E-state index contributed by atoms with van der Waals surface area (Å²) in [6, 6.07) is -0.626. The molecule has 2 aliphatic rings. The quantitative estimate of drug-likeness (QED) is 0.781. The summed E-state index contributed by atoms with van der Waals surface area (Å²) >= 11 is 0. The van der Waals surface area contributed by atoms with Gasteiger partial charge >= 0.3 is 0 Å². The van der Waals surface area contributed by atoms with Gasteiger partial charge in [-0.05, 0) is 26.7 Å². The summed E-state index contributed by atoms with van der Waals surface area (Å²) in [7, 11) is -6.11. The molecule has 2 atom stereocenters. The summed E-state index contributed by atoms with van der Waals surface area (Å²) in [6.45, 7) is 3.44. The molecule has 2 saturated heterocycles. The first-order valence-electron chi connectivity index (χ1n) is 7.85. The highest BCUT2D eigenvalue weighted by Gasteiger charge is 2.34. The van der Waals surface area contributed by atoms with Gasteiger partial charge in [0.2, 0.25) is 0 Å². The number of nitrogens with zero attached hydrogens (tertiary/aromatic N) is 2. The number of carbonyl (C=O) groups is 1. The van der Waals surface area contributed by atoms with E-state index in [1.165, 1.54) is 0 Å². The van der Waals surface area contributed by atoms with Crippen molar-refractivity contribution in [1.82, 2.24) is 15.1 Å². The lowest BCUT2D eigenvalue weighted by Crippen LogP contribution is -2.36. The summed E-state index contributed by atoms with van der Waals surface area (Å²) < 4.78 is 48.0. The molecule has 134 valence electrons. The van der Waals surface area contributed by atoms with Crippen LogP contribution >= 0.6 is 0 Å². The molecule has 0 aromatic carbocycles. The number of hydrogen-bond acceptors (Lipinski definition) is 6. The zero-order chi connectivity index (χ0) is 17.7. The number of nitrogens with one attached hydrogen (secondary N) is 1. The Morgan fingerprint density at radius 1 is 1.08 bits per heavy atom.